The minimum absolute atomic E-state index is 0.0725. The molecule has 34 heavy (non-hydrogen) atoms. The number of carbonyl (C=O) groups excluding carboxylic acids is 2. The maximum atomic E-state index is 13.1. The number of hydrogen-bond donors (Lipinski definition) is 1. The molecule has 0 aliphatic carbocycles. The van der Waals surface area contributed by atoms with Crippen LogP contribution in [-0.4, -0.2) is 57.2 Å². The van der Waals surface area contributed by atoms with E-state index in [0.717, 1.165) is 25.7 Å². The molecule has 1 aliphatic rings. The van der Waals surface area contributed by atoms with Crippen LogP contribution in [0.2, 0.25) is 0 Å². The number of hydrogen-bond acceptors (Lipinski definition) is 5. The van der Waals surface area contributed by atoms with Crippen LogP contribution < -0.4 is 19.5 Å². The maximum absolute atomic E-state index is 13.1. The van der Waals surface area contributed by atoms with E-state index in [4.69, 9.17) is 14.2 Å². The van der Waals surface area contributed by atoms with Gasteiger partial charge in [-0.15, -0.1) is 0 Å². The Kier molecular flexibility index (Phi) is 9.19. The molecule has 2 aromatic carbocycles. The van der Waals surface area contributed by atoms with E-state index in [2.05, 4.69) is 24.4 Å². The summed E-state index contributed by atoms with van der Waals surface area (Å²) < 4.78 is 16.1. The molecule has 1 atom stereocenters. The highest BCUT2D eigenvalue weighted by atomic mass is 16.5. The molecule has 0 radical (unpaired) electrons. The number of aryl methyl sites for hydroxylation is 1. The summed E-state index contributed by atoms with van der Waals surface area (Å²) in [6, 6.07) is 13.8. The van der Waals surface area contributed by atoms with Gasteiger partial charge in [0.2, 0.25) is 11.7 Å². The summed E-state index contributed by atoms with van der Waals surface area (Å²) in [5.74, 6) is 1.68. The normalized spacial score (nSPS) is 14.9. The summed E-state index contributed by atoms with van der Waals surface area (Å²) in [5, 5.41) is 3.13. The van der Waals surface area contributed by atoms with Crippen LogP contribution in [0.3, 0.4) is 0 Å². The summed E-state index contributed by atoms with van der Waals surface area (Å²) in [7, 11) is 4.60. The van der Waals surface area contributed by atoms with Gasteiger partial charge in [-0.05, 0) is 56.2 Å². The van der Waals surface area contributed by atoms with E-state index < -0.39 is 0 Å². The molecule has 184 valence electrons. The summed E-state index contributed by atoms with van der Waals surface area (Å²) in [6.45, 7) is 3.30. The van der Waals surface area contributed by atoms with Gasteiger partial charge < -0.3 is 24.4 Å². The average molecular weight is 469 g/mol. The first kappa shape index (κ1) is 25.4. The molecule has 1 fully saturated rings. The molecule has 0 bridgehead atoms. The second-order valence-electron chi connectivity index (χ2n) is 8.85. The predicted octanol–water partition coefficient (Wildman–Crippen LogP) is 4.09. The Labute approximate surface area is 202 Å². The Morgan fingerprint density at radius 2 is 1.62 bits per heavy atom. The predicted molar refractivity (Wildman–Crippen MR) is 132 cm³/mol. The first-order valence-electron chi connectivity index (χ1n) is 11.9. The van der Waals surface area contributed by atoms with Crippen molar-refractivity contribution in [3.8, 4) is 17.2 Å². The van der Waals surface area contributed by atoms with Gasteiger partial charge in [0, 0.05) is 31.1 Å². The van der Waals surface area contributed by atoms with Gasteiger partial charge in [-0.3, -0.25) is 9.59 Å². The quantitative estimate of drug-likeness (QED) is 0.568. The minimum Gasteiger partial charge on any atom is -0.493 e. The highest BCUT2D eigenvalue weighted by Crippen LogP contribution is 2.38. The molecular weight excluding hydrogens is 432 g/mol. The third-order valence-corrected chi connectivity index (χ3v) is 6.40. The fraction of sp³-hybridized carbons (Fsp3) is 0.481. The van der Waals surface area contributed by atoms with Crippen LogP contribution in [0.1, 0.15) is 48.5 Å². The van der Waals surface area contributed by atoms with Crippen LogP contribution in [0.15, 0.2) is 42.5 Å². The monoisotopic (exact) mass is 468 g/mol. The molecule has 7 heteroatoms. The second-order valence-corrected chi connectivity index (χ2v) is 8.85. The van der Waals surface area contributed by atoms with Gasteiger partial charge in [-0.1, -0.05) is 30.3 Å². The highest BCUT2D eigenvalue weighted by molar-refractivity contribution is 5.95. The fourth-order valence-electron chi connectivity index (χ4n) is 4.42. The number of nitrogens with zero attached hydrogens (tertiary/aromatic N) is 1. The van der Waals surface area contributed by atoms with Crippen molar-refractivity contribution in [3.05, 3.63) is 53.6 Å². The number of nitrogens with one attached hydrogen (secondary N) is 1. The molecule has 3 rings (SSSR count). The van der Waals surface area contributed by atoms with Gasteiger partial charge in [0.25, 0.3) is 5.91 Å². The third kappa shape index (κ3) is 6.65. The Balaban J connectivity index is 1.47. The van der Waals surface area contributed by atoms with Crippen LogP contribution in [-0.2, 0) is 11.2 Å². The van der Waals surface area contributed by atoms with E-state index in [1.165, 1.54) is 26.9 Å². The van der Waals surface area contributed by atoms with Crippen molar-refractivity contribution in [1.82, 2.24) is 10.2 Å². The van der Waals surface area contributed by atoms with Crippen molar-refractivity contribution in [3.63, 3.8) is 0 Å². The number of amides is 2. The highest BCUT2D eigenvalue weighted by Gasteiger charge is 2.27. The maximum Gasteiger partial charge on any atom is 0.254 e. The zero-order chi connectivity index (χ0) is 24.5. The van der Waals surface area contributed by atoms with E-state index >= 15 is 0 Å². The summed E-state index contributed by atoms with van der Waals surface area (Å²) in [4.78, 5) is 27.5. The van der Waals surface area contributed by atoms with E-state index in [0.29, 0.717) is 42.3 Å². The number of rotatable bonds is 10. The first-order chi connectivity index (χ1) is 16.4. The molecule has 1 saturated heterocycles. The van der Waals surface area contributed by atoms with E-state index in [1.807, 2.05) is 23.1 Å². The molecule has 1 aliphatic heterocycles. The van der Waals surface area contributed by atoms with Crippen molar-refractivity contribution in [2.75, 3.05) is 34.4 Å². The molecule has 1 heterocycles. The molecule has 0 unspecified atom stereocenters. The van der Waals surface area contributed by atoms with Gasteiger partial charge in [-0.25, -0.2) is 0 Å². The second kappa shape index (κ2) is 12.3. The lowest BCUT2D eigenvalue weighted by atomic mass is 9.92. The Morgan fingerprint density at radius 1 is 1.00 bits per heavy atom. The smallest absolute Gasteiger partial charge is 0.254 e. The zero-order valence-electron chi connectivity index (χ0n) is 20.6. The number of piperidine rings is 1. The minimum atomic E-state index is -0.0725. The van der Waals surface area contributed by atoms with E-state index in [9.17, 15) is 9.59 Å². The topological polar surface area (TPSA) is 77.1 Å². The standard InChI is InChI=1S/C27H36N2O5/c1-19(10-11-20-8-6-5-7-9-20)28-25(30)16-21-12-14-29(15-13-21)27(31)22-17-23(32-2)26(34-4)24(18-22)33-3/h5-9,17-19,21H,10-16H2,1-4H3,(H,28,30)/t19-/m1/s1. The van der Waals surface area contributed by atoms with Crippen LogP contribution in [0, 0.1) is 5.92 Å². The molecule has 2 aromatic rings. The molecule has 0 saturated carbocycles. The van der Waals surface area contributed by atoms with Crippen LogP contribution >= 0.6 is 0 Å². The number of carbonyl (C=O) groups is 2. The molecule has 1 N–H and O–H groups in total. The fourth-order valence-corrected chi connectivity index (χ4v) is 4.42. The number of ether oxygens (including phenoxy) is 3. The van der Waals surface area contributed by atoms with Crippen LogP contribution in [0.5, 0.6) is 17.2 Å². The van der Waals surface area contributed by atoms with Gasteiger partial charge >= 0.3 is 0 Å². The largest absolute Gasteiger partial charge is 0.493 e. The van der Waals surface area contributed by atoms with Gasteiger partial charge in [0.05, 0.1) is 21.3 Å². The lowest BCUT2D eigenvalue weighted by molar-refractivity contribution is -0.122. The van der Waals surface area contributed by atoms with Gasteiger partial charge in [0.15, 0.2) is 11.5 Å². The molecule has 2 amide bonds. The number of methoxy groups -OCH3 is 3. The molecule has 7 nitrogen and oxygen atoms in total. The third-order valence-electron chi connectivity index (χ3n) is 6.40. The Bertz CT molecular complexity index is 930. The van der Waals surface area contributed by atoms with Crippen molar-refractivity contribution in [1.29, 1.82) is 0 Å². The molecule has 0 spiro atoms. The lowest BCUT2D eigenvalue weighted by Gasteiger charge is -2.32. The molecule has 0 aromatic heterocycles. The SMILES string of the molecule is COc1cc(C(=O)N2CCC(CC(=O)N[C@H](C)CCc3ccccc3)CC2)cc(OC)c1OC. The summed E-state index contributed by atoms with van der Waals surface area (Å²) in [6.07, 6.45) is 3.98. The summed E-state index contributed by atoms with van der Waals surface area (Å²) >= 11 is 0. The number of benzene rings is 2. The average Bonchev–Trinajstić information content (AvgIpc) is 2.87. The van der Waals surface area contributed by atoms with Gasteiger partial charge in [0.1, 0.15) is 0 Å². The van der Waals surface area contributed by atoms with Crippen LogP contribution in [0.4, 0.5) is 0 Å². The summed E-state index contributed by atoms with van der Waals surface area (Å²) in [5.41, 5.74) is 1.78. The van der Waals surface area contributed by atoms with E-state index in [-0.39, 0.29) is 23.8 Å². The van der Waals surface area contributed by atoms with E-state index in [1.54, 1.807) is 12.1 Å². The Hall–Kier alpha value is -3.22. The molecular formula is C27H36N2O5. The lowest BCUT2D eigenvalue weighted by Crippen LogP contribution is -2.40. The van der Waals surface area contributed by atoms with Gasteiger partial charge in [-0.2, -0.15) is 0 Å². The van der Waals surface area contributed by atoms with Crippen LogP contribution in [0.25, 0.3) is 0 Å². The Morgan fingerprint density at radius 3 is 2.18 bits per heavy atom. The number of likely N-dealkylation sites (tertiary alicyclic amines) is 1. The van der Waals surface area contributed by atoms with Crippen molar-refractivity contribution in [2.24, 2.45) is 5.92 Å². The van der Waals surface area contributed by atoms with Crippen molar-refractivity contribution >= 4 is 11.8 Å². The van der Waals surface area contributed by atoms with Crippen molar-refractivity contribution in [2.45, 2.75) is 45.1 Å². The van der Waals surface area contributed by atoms with Crippen molar-refractivity contribution < 1.29 is 23.8 Å². The first-order valence-corrected chi connectivity index (χ1v) is 11.9. The zero-order valence-corrected chi connectivity index (χ0v) is 20.6.